The van der Waals surface area contributed by atoms with Crippen molar-refractivity contribution in [3.63, 3.8) is 0 Å². The summed E-state index contributed by atoms with van der Waals surface area (Å²) in [5.41, 5.74) is 0.0172. The Morgan fingerprint density at radius 3 is 2.57 bits per heavy atom. The monoisotopic (exact) mass is 357 g/mol. The van der Waals surface area contributed by atoms with E-state index < -0.39 is 17.7 Å². The van der Waals surface area contributed by atoms with Gasteiger partial charge in [-0.2, -0.15) is 0 Å². The third-order valence-electron chi connectivity index (χ3n) is 3.94. The van der Waals surface area contributed by atoms with E-state index in [1.54, 1.807) is 12.1 Å². The Balaban J connectivity index is 1.85. The molecule has 114 valence electrons. The van der Waals surface area contributed by atoms with Crippen molar-refractivity contribution in [1.29, 1.82) is 0 Å². The van der Waals surface area contributed by atoms with E-state index >= 15 is 0 Å². The van der Waals surface area contributed by atoms with Crippen LogP contribution in [0, 0.1) is 17.7 Å². The van der Waals surface area contributed by atoms with E-state index in [1.807, 2.05) is 0 Å². The zero-order chi connectivity index (χ0) is 15.4. The van der Waals surface area contributed by atoms with Crippen LogP contribution >= 0.6 is 15.9 Å². The van der Waals surface area contributed by atoms with Gasteiger partial charge >= 0.3 is 5.97 Å². The summed E-state index contributed by atoms with van der Waals surface area (Å²) in [6.45, 7) is 0.455. The second-order valence-electron chi connectivity index (χ2n) is 5.37. The average molecular weight is 358 g/mol. The Hall–Kier alpha value is -1.43. The van der Waals surface area contributed by atoms with Gasteiger partial charge in [-0.3, -0.25) is 9.59 Å². The summed E-state index contributed by atoms with van der Waals surface area (Å²) in [4.78, 5) is 22.8. The van der Waals surface area contributed by atoms with E-state index in [1.165, 1.54) is 6.07 Å². The topological polar surface area (TPSA) is 66.4 Å². The summed E-state index contributed by atoms with van der Waals surface area (Å²) < 4.78 is 14.0. The van der Waals surface area contributed by atoms with Gasteiger partial charge in [0.2, 0.25) is 0 Å². The number of carboxylic acids is 1. The Kier molecular flexibility index (Phi) is 5.33. The minimum absolute atomic E-state index is 0.0172. The first-order valence-electron chi connectivity index (χ1n) is 6.94. The first-order chi connectivity index (χ1) is 9.99. The molecule has 1 fully saturated rings. The fraction of sp³-hybridized carbons (Fsp3) is 0.467. The molecule has 0 radical (unpaired) electrons. The van der Waals surface area contributed by atoms with Crippen molar-refractivity contribution in [2.75, 3.05) is 6.54 Å². The number of carbonyl (C=O) groups is 2. The van der Waals surface area contributed by atoms with Crippen LogP contribution in [-0.4, -0.2) is 23.5 Å². The molecular formula is C15H17BrFNO3. The molecule has 1 aromatic rings. The summed E-state index contributed by atoms with van der Waals surface area (Å²) in [5.74, 6) is -1.74. The summed E-state index contributed by atoms with van der Waals surface area (Å²) in [6, 6.07) is 4.59. The van der Waals surface area contributed by atoms with Crippen LogP contribution in [0.3, 0.4) is 0 Å². The van der Waals surface area contributed by atoms with Crippen molar-refractivity contribution < 1.29 is 19.1 Å². The van der Waals surface area contributed by atoms with Crippen LogP contribution in [0.25, 0.3) is 0 Å². The Bertz CT molecular complexity index is 542. The van der Waals surface area contributed by atoms with Gasteiger partial charge in [0.15, 0.2) is 0 Å². The molecule has 0 heterocycles. The lowest BCUT2D eigenvalue weighted by Gasteiger charge is -2.26. The molecule has 1 aliphatic carbocycles. The van der Waals surface area contributed by atoms with Crippen molar-refractivity contribution in [2.24, 2.45) is 11.8 Å². The molecule has 1 aromatic carbocycles. The lowest BCUT2D eigenvalue weighted by atomic mass is 9.82. The maximum Gasteiger partial charge on any atom is 0.306 e. The molecule has 1 amide bonds. The molecule has 6 heteroatoms. The van der Waals surface area contributed by atoms with E-state index in [0.717, 1.165) is 12.8 Å². The van der Waals surface area contributed by atoms with Crippen LogP contribution in [0.2, 0.25) is 0 Å². The quantitative estimate of drug-likeness (QED) is 0.869. The zero-order valence-electron chi connectivity index (χ0n) is 11.4. The standard InChI is InChI=1S/C15H17BrFNO3/c16-12-3-1-2-11(13(12)17)14(19)18-8-9-4-6-10(7-5-9)15(20)21/h1-3,9-10H,4-8H2,(H,18,19)(H,20,21). The number of aliphatic carboxylic acids is 1. The van der Waals surface area contributed by atoms with Crippen molar-refractivity contribution in [3.8, 4) is 0 Å². The largest absolute Gasteiger partial charge is 0.481 e. The van der Waals surface area contributed by atoms with Gasteiger partial charge in [0.1, 0.15) is 5.82 Å². The van der Waals surface area contributed by atoms with E-state index in [-0.39, 0.29) is 21.9 Å². The van der Waals surface area contributed by atoms with Crippen LogP contribution in [-0.2, 0) is 4.79 Å². The number of hydrogen-bond acceptors (Lipinski definition) is 2. The Morgan fingerprint density at radius 2 is 1.95 bits per heavy atom. The zero-order valence-corrected chi connectivity index (χ0v) is 13.0. The van der Waals surface area contributed by atoms with Crippen LogP contribution in [0.15, 0.2) is 22.7 Å². The van der Waals surface area contributed by atoms with Crippen LogP contribution in [0.5, 0.6) is 0 Å². The second kappa shape index (κ2) is 7.02. The maximum absolute atomic E-state index is 13.8. The molecule has 0 atom stereocenters. The molecular weight excluding hydrogens is 341 g/mol. The predicted molar refractivity (Wildman–Crippen MR) is 79.5 cm³/mol. The van der Waals surface area contributed by atoms with Gasteiger partial charge in [0, 0.05) is 6.54 Å². The minimum Gasteiger partial charge on any atom is -0.481 e. The highest BCUT2D eigenvalue weighted by atomic mass is 79.9. The SMILES string of the molecule is O=C(NCC1CCC(C(=O)O)CC1)c1cccc(Br)c1F. The smallest absolute Gasteiger partial charge is 0.306 e. The lowest BCUT2D eigenvalue weighted by Crippen LogP contribution is -2.32. The number of nitrogens with one attached hydrogen (secondary N) is 1. The number of rotatable bonds is 4. The maximum atomic E-state index is 13.8. The first kappa shape index (κ1) is 15.9. The van der Waals surface area contributed by atoms with E-state index in [4.69, 9.17) is 5.11 Å². The molecule has 21 heavy (non-hydrogen) atoms. The third-order valence-corrected chi connectivity index (χ3v) is 4.56. The Morgan fingerprint density at radius 1 is 1.29 bits per heavy atom. The highest BCUT2D eigenvalue weighted by Gasteiger charge is 2.26. The van der Waals surface area contributed by atoms with Gasteiger partial charge in [-0.05, 0) is 59.7 Å². The van der Waals surface area contributed by atoms with Crippen molar-refractivity contribution >= 4 is 27.8 Å². The predicted octanol–water partition coefficient (Wildman–Crippen LogP) is 3.21. The van der Waals surface area contributed by atoms with Gasteiger partial charge in [0.25, 0.3) is 5.91 Å². The van der Waals surface area contributed by atoms with Crippen LogP contribution in [0.1, 0.15) is 36.0 Å². The number of carbonyl (C=O) groups excluding carboxylic acids is 1. The molecule has 1 aliphatic rings. The van der Waals surface area contributed by atoms with Crippen molar-refractivity contribution in [3.05, 3.63) is 34.1 Å². The number of hydrogen-bond donors (Lipinski definition) is 2. The lowest BCUT2D eigenvalue weighted by molar-refractivity contribution is -0.143. The minimum atomic E-state index is -0.742. The van der Waals surface area contributed by atoms with Crippen molar-refractivity contribution in [1.82, 2.24) is 5.32 Å². The number of carboxylic acid groups (broad SMARTS) is 1. The second-order valence-corrected chi connectivity index (χ2v) is 6.22. The fourth-order valence-electron chi connectivity index (χ4n) is 2.62. The summed E-state index contributed by atoms with van der Waals surface area (Å²) in [5, 5.41) is 11.7. The van der Waals surface area contributed by atoms with E-state index in [0.29, 0.717) is 19.4 Å². The van der Waals surface area contributed by atoms with Crippen molar-refractivity contribution in [2.45, 2.75) is 25.7 Å². The number of halogens is 2. The molecule has 2 rings (SSSR count). The molecule has 0 saturated heterocycles. The third kappa shape index (κ3) is 4.03. The highest BCUT2D eigenvalue weighted by molar-refractivity contribution is 9.10. The molecule has 0 aromatic heterocycles. The average Bonchev–Trinajstić information content (AvgIpc) is 2.48. The van der Waals surface area contributed by atoms with E-state index in [2.05, 4.69) is 21.2 Å². The molecule has 0 spiro atoms. The van der Waals surface area contributed by atoms with Gasteiger partial charge < -0.3 is 10.4 Å². The molecule has 2 N–H and O–H groups in total. The molecule has 0 bridgehead atoms. The van der Waals surface area contributed by atoms with Gasteiger partial charge in [-0.15, -0.1) is 0 Å². The highest BCUT2D eigenvalue weighted by Crippen LogP contribution is 2.28. The summed E-state index contributed by atoms with van der Waals surface area (Å²) in [7, 11) is 0. The van der Waals surface area contributed by atoms with Gasteiger partial charge in [-0.25, -0.2) is 4.39 Å². The van der Waals surface area contributed by atoms with Crippen LogP contribution in [0.4, 0.5) is 4.39 Å². The van der Waals surface area contributed by atoms with E-state index in [9.17, 15) is 14.0 Å². The van der Waals surface area contributed by atoms with Gasteiger partial charge in [0.05, 0.1) is 16.0 Å². The van der Waals surface area contributed by atoms with Crippen LogP contribution < -0.4 is 5.32 Å². The molecule has 1 saturated carbocycles. The first-order valence-corrected chi connectivity index (χ1v) is 7.73. The normalized spacial score (nSPS) is 21.8. The summed E-state index contributed by atoms with van der Waals surface area (Å²) >= 11 is 3.05. The number of amides is 1. The summed E-state index contributed by atoms with van der Waals surface area (Å²) in [6.07, 6.45) is 2.83. The molecule has 0 aliphatic heterocycles. The Labute approximate surface area is 130 Å². The number of benzene rings is 1. The molecule has 4 nitrogen and oxygen atoms in total. The van der Waals surface area contributed by atoms with Gasteiger partial charge in [-0.1, -0.05) is 6.07 Å². The molecule has 0 unspecified atom stereocenters. The fourth-order valence-corrected chi connectivity index (χ4v) is 2.99.